The van der Waals surface area contributed by atoms with Gasteiger partial charge in [-0.15, -0.1) is 0 Å². The van der Waals surface area contributed by atoms with Gasteiger partial charge in [0.25, 0.3) is 0 Å². The molecule has 0 amide bonds. The third kappa shape index (κ3) is 3.92. The number of ether oxygens (including phenoxy) is 1. The Hall–Kier alpha value is -2.72. The molecule has 0 aliphatic heterocycles. The fourth-order valence-electron chi connectivity index (χ4n) is 2.01. The van der Waals surface area contributed by atoms with Crippen LogP contribution < -0.4 is 4.74 Å². The van der Waals surface area contributed by atoms with Gasteiger partial charge in [-0.1, -0.05) is 11.6 Å². The maximum atomic E-state index is 12.1. The first-order chi connectivity index (χ1) is 12.0. The highest BCUT2D eigenvalue weighted by Gasteiger charge is 2.25. The van der Waals surface area contributed by atoms with E-state index in [9.17, 15) is 28.6 Å². The second-order valence-electron chi connectivity index (χ2n) is 5.45. The summed E-state index contributed by atoms with van der Waals surface area (Å²) in [6, 6.07) is 6.85. The molecule has 0 aromatic heterocycles. The second kappa shape index (κ2) is 7.26. The fraction of sp³-hybridized carbons (Fsp3) is 0.200. The molecule has 0 unspecified atom stereocenters. The monoisotopic (exact) mass is 400 g/mol. The highest BCUT2D eigenvalue weighted by atomic mass is 35.5. The Morgan fingerprint density at radius 1 is 1.00 bits per heavy atom. The Kier molecular flexibility index (Phi) is 5.47. The number of nitrogens with zero attached hydrogens (tertiary/aromatic N) is 2. The normalized spacial score (nSPS) is 11.4. The summed E-state index contributed by atoms with van der Waals surface area (Å²) in [5.41, 5.74) is -1.41. The van der Waals surface area contributed by atoms with Crippen molar-refractivity contribution in [2.75, 3.05) is 0 Å². The lowest BCUT2D eigenvalue weighted by Crippen LogP contribution is -2.13. The van der Waals surface area contributed by atoms with Crippen LogP contribution in [0.3, 0.4) is 0 Å². The summed E-state index contributed by atoms with van der Waals surface area (Å²) >= 11 is 6.04. The van der Waals surface area contributed by atoms with Crippen molar-refractivity contribution in [1.29, 1.82) is 0 Å². The van der Waals surface area contributed by atoms with Crippen LogP contribution in [0, 0.1) is 20.2 Å². The van der Waals surface area contributed by atoms with Gasteiger partial charge in [-0.3, -0.25) is 20.2 Å². The van der Waals surface area contributed by atoms with Crippen molar-refractivity contribution in [3.8, 4) is 11.5 Å². The predicted octanol–water partition coefficient (Wildman–Crippen LogP) is 4.13. The minimum atomic E-state index is -3.53. The van der Waals surface area contributed by atoms with Gasteiger partial charge >= 0.3 is 11.4 Å². The van der Waals surface area contributed by atoms with Crippen LogP contribution in [0.4, 0.5) is 11.4 Å². The van der Waals surface area contributed by atoms with Crippen LogP contribution in [0.15, 0.2) is 41.3 Å². The van der Waals surface area contributed by atoms with Gasteiger partial charge in [-0.25, -0.2) is 8.42 Å². The molecule has 0 aliphatic carbocycles. The molecule has 0 saturated heterocycles. The molecule has 0 radical (unpaired) electrons. The number of hydrogen-bond donors (Lipinski definition) is 0. The first-order valence-electron chi connectivity index (χ1n) is 7.18. The van der Waals surface area contributed by atoms with Crippen LogP contribution in [-0.4, -0.2) is 23.5 Å². The quantitative estimate of drug-likeness (QED) is 0.526. The molecule has 0 atom stereocenters. The van der Waals surface area contributed by atoms with Crippen molar-refractivity contribution in [3.05, 3.63) is 61.6 Å². The number of sulfone groups is 1. The van der Waals surface area contributed by atoms with Crippen molar-refractivity contribution in [1.82, 2.24) is 0 Å². The summed E-state index contributed by atoms with van der Waals surface area (Å²) < 4.78 is 29.7. The van der Waals surface area contributed by atoms with E-state index < -0.39 is 36.3 Å². The molecular weight excluding hydrogens is 388 g/mol. The molecule has 2 rings (SSSR count). The molecule has 138 valence electrons. The number of nitro benzene ring substituents is 2. The summed E-state index contributed by atoms with van der Waals surface area (Å²) in [5, 5.41) is 21.1. The van der Waals surface area contributed by atoms with E-state index in [2.05, 4.69) is 0 Å². The van der Waals surface area contributed by atoms with E-state index in [1.807, 2.05) is 0 Å². The number of rotatable bonds is 6. The van der Waals surface area contributed by atoms with E-state index in [0.717, 1.165) is 12.1 Å². The molecular formula is C15H13ClN2O7S. The third-order valence-electron chi connectivity index (χ3n) is 3.42. The van der Waals surface area contributed by atoms with Gasteiger partial charge < -0.3 is 4.74 Å². The second-order valence-corrected chi connectivity index (χ2v) is 8.36. The Bertz CT molecular complexity index is 989. The SMILES string of the molecule is CC(C)S(=O)(=O)c1ccc(Oc2ccc([N+](=O)[O-])c([N+](=O)[O-])c2)c(Cl)c1. The van der Waals surface area contributed by atoms with Crippen LogP contribution in [0.25, 0.3) is 0 Å². The van der Waals surface area contributed by atoms with Crippen molar-refractivity contribution < 1.29 is 23.0 Å². The van der Waals surface area contributed by atoms with Gasteiger partial charge in [0.1, 0.15) is 11.5 Å². The highest BCUT2D eigenvalue weighted by molar-refractivity contribution is 7.92. The molecule has 9 nitrogen and oxygen atoms in total. The van der Waals surface area contributed by atoms with Crippen LogP contribution in [0.1, 0.15) is 13.8 Å². The van der Waals surface area contributed by atoms with Gasteiger partial charge in [-0.2, -0.15) is 0 Å². The average molecular weight is 401 g/mol. The lowest BCUT2D eigenvalue weighted by Gasteiger charge is -2.11. The Morgan fingerprint density at radius 2 is 1.62 bits per heavy atom. The first kappa shape index (κ1) is 19.6. The number of hydrogen-bond acceptors (Lipinski definition) is 7. The van der Waals surface area contributed by atoms with E-state index >= 15 is 0 Å². The van der Waals surface area contributed by atoms with Gasteiger partial charge in [0.15, 0.2) is 9.84 Å². The van der Waals surface area contributed by atoms with E-state index in [-0.39, 0.29) is 21.4 Å². The molecule has 0 fully saturated rings. The first-order valence-corrected chi connectivity index (χ1v) is 9.10. The van der Waals surface area contributed by atoms with Gasteiger partial charge in [0, 0.05) is 6.07 Å². The van der Waals surface area contributed by atoms with Crippen LogP contribution >= 0.6 is 11.6 Å². The highest BCUT2D eigenvalue weighted by Crippen LogP contribution is 2.36. The van der Waals surface area contributed by atoms with Gasteiger partial charge in [-0.05, 0) is 38.1 Å². The predicted molar refractivity (Wildman–Crippen MR) is 93.6 cm³/mol. The molecule has 2 aromatic carbocycles. The van der Waals surface area contributed by atoms with E-state index in [1.165, 1.54) is 38.1 Å². The van der Waals surface area contributed by atoms with Crippen LogP contribution in [0.2, 0.25) is 5.02 Å². The summed E-state index contributed by atoms with van der Waals surface area (Å²) in [5.74, 6) is 0.00110. The summed E-state index contributed by atoms with van der Waals surface area (Å²) in [6.07, 6.45) is 0. The third-order valence-corrected chi connectivity index (χ3v) is 5.87. The number of benzene rings is 2. The topological polar surface area (TPSA) is 130 Å². The zero-order valence-electron chi connectivity index (χ0n) is 13.6. The maximum absolute atomic E-state index is 12.1. The average Bonchev–Trinajstić information content (AvgIpc) is 2.56. The smallest absolute Gasteiger partial charge is 0.349 e. The summed E-state index contributed by atoms with van der Waals surface area (Å²) in [6.45, 7) is 3.06. The van der Waals surface area contributed by atoms with Crippen molar-refractivity contribution in [2.45, 2.75) is 24.0 Å². The standard InChI is InChI=1S/C15H13ClN2O7S/c1-9(2)26(23,24)11-4-6-15(12(16)8-11)25-10-3-5-13(17(19)20)14(7-10)18(21)22/h3-9H,1-2H3. The molecule has 26 heavy (non-hydrogen) atoms. The fourth-order valence-corrected chi connectivity index (χ4v) is 3.38. The van der Waals surface area contributed by atoms with E-state index in [0.29, 0.717) is 0 Å². The molecule has 0 spiro atoms. The van der Waals surface area contributed by atoms with Crippen molar-refractivity contribution >= 4 is 32.8 Å². The molecule has 11 heteroatoms. The molecule has 0 aliphatic rings. The van der Waals surface area contributed by atoms with Gasteiger partial charge in [0.2, 0.25) is 0 Å². The Labute approximate surface area is 153 Å². The minimum absolute atomic E-state index is 0.0135. The maximum Gasteiger partial charge on any atom is 0.349 e. The lowest BCUT2D eigenvalue weighted by atomic mass is 10.2. The molecule has 0 bridgehead atoms. The van der Waals surface area contributed by atoms with Crippen LogP contribution in [0.5, 0.6) is 11.5 Å². The molecule has 2 aromatic rings. The minimum Gasteiger partial charge on any atom is -0.456 e. The number of nitro groups is 2. The van der Waals surface area contributed by atoms with E-state index in [1.54, 1.807) is 0 Å². The summed E-state index contributed by atoms with van der Waals surface area (Å²) in [7, 11) is -3.53. The van der Waals surface area contributed by atoms with Crippen LogP contribution in [-0.2, 0) is 9.84 Å². The van der Waals surface area contributed by atoms with Gasteiger partial charge in [0.05, 0.1) is 31.1 Å². The Morgan fingerprint density at radius 3 is 2.12 bits per heavy atom. The Balaban J connectivity index is 2.39. The molecule has 0 N–H and O–H groups in total. The lowest BCUT2D eigenvalue weighted by molar-refractivity contribution is -0.422. The molecule has 0 heterocycles. The zero-order valence-corrected chi connectivity index (χ0v) is 15.2. The zero-order chi connectivity index (χ0) is 19.6. The number of halogens is 1. The largest absolute Gasteiger partial charge is 0.456 e. The summed E-state index contributed by atoms with van der Waals surface area (Å²) in [4.78, 5) is 20.0. The molecule has 0 saturated carbocycles. The van der Waals surface area contributed by atoms with Crippen molar-refractivity contribution in [3.63, 3.8) is 0 Å². The van der Waals surface area contributed by atoms with Crippen molar-refractivity contribution in [2.24, 2.45) is 0 Å². The van der Waals surface area contributed by atoms with E-state index in [4.69, 9.17) is 16.3 Å².